The van der Waals surface area contributed by atoms with Crippen LogP contribution >= 0.6 is 0 Å². The summed E-state index contributed by atoms with van der Waals surface area (Å²) in [4.78, 5) is 10.5. The van der Waals surface area contributed by atoms with Crippen LogP contribution in [0.4, 0.5) is 5.69 Å². The van der Waals surface area contributed by atoms with Gasteiger partial charge in [-0.05, 0) is 27.2 Å². The van der Waals surface area contributed by atoms with Crippen LogP contribution in [0.25, 0.3) is 0 Å². The van der Waals surface area contributed by atoms with E-state index in [0.29, 0.717) is 11.4 Å². The minimum Gasteiger partial charge on any atom is -0.394 e. The number of hydrogen-bond donors (Lipinski definition) is 3. The molecular formula is C13H24N4O4. The zero-order valence-corrected chi connectivity index (χ0v) is 13.0. The van der Waals surface area contributed by atoms with E-state index in [1.54, 1.807) is 13.8 Å². The average molecular weight is 300 g/mol. The molecule has 3 N–H and O–H groups in total. The molecule has 0 radical (unpaired) electrons. The fourth-order valence-corrected chi connectivity index (χ4v) is 2.05. The van der Waals surface area contributed by atoms with Crippen molar-refractivity contribution in [1.29, 1.82) is 0 Å². The number of rotatable bonds is 8. The minimum absolute atomic E-state index is 0.0103. The molecule has 0 saturated carbocycles. The van der Waals surface area contributed by atoms with Gasteiger partial charge in [0.15, 0.2) is 0 Å². The number of nitro groups is 1. The van der Waals surface area contributed by atoms with Crippen molar-refractivity contribution in [2.45, 2.75) is 52.3 Å². The summed E-state index contributed by atoms with van der Waals surface area (Å²) in [7, 11) is 0. The standard InChI is InChI=1S/C13H24N4O4/c1-5-13(4,8-18)14-6-11(19)7-16-10(3)12(17(20)21)9(2)15-16/h11,14,18-19H,5-8H2,1-4H3. The Hall–Kier alpha value is -1.51. The maximum atomic E-state index is 10.9. The second-order valence-electron chi connectivity index (χ2n) is 5.57. The molecule has 2 unspecified atom stereocenters. The molecule has 2 atom stereocenters. The molecule has 120 valence electrons. The van der Waals surface area contributed by atoms with E-state index >= 15 is 0 Å². The maximum Gasteiger partial charge on any atom is 0.312 e. The summed E-state index contributed by atoms with van der Waals surface area (Å²) in [6.07, 6.45) is -0.0262. The maximum absolute atomic E-state index is 10.9. The van der Waals surface area contributed by atoms with Gasteiger partial charge in [0.05, 0.1) is 24.2 Å². The summed E-state index contributed by atoms with van der Waals surface area (Å²) in [5, 5.41) is 37.5. The van der Waals surface area contributed by atoms with Gasteiger partial charge in [-0.15, -0.1) is 0 Å². The van der Waals surface area contributed by atoms with Crippen LogP contribution in [0.5, 0.6) is 0 Å². The zero-order chi connectivity index (χ0) is 16.2. The molecule has 0 amide bonds. The molecule has 0 aromatic carbocycles. The Morgan fingerprint density at radius 2 is 2.14 bits per heavy atom. The number of aliphatic hydroxyl groups excluding tert-OH is 2. The highest BCUT2D eigenvalue weighted by Gasteiger charge is 2.24. The lowest BCUT2D eigenvalue weighted by atomic mass is 10.00. The van der Waals surface area contributed by atoms with Crippen molar-refractivity contribution in [3.8, 4) is 0 Å². The third-order valence-corrected chi connectivity index (χ3v) is 3.80. The first-order valence-corrected chi connectivity index (χ1v) is 6.96. The molecule has 1 rings (SSSR count). The molecule has 8 heteroatoms. The molecule has 0 spiro atoms. The molecule has 0 bridgehead atoms. The van der Waals surface area contributed by atoms with Crippen molar-refractivity contribution in [3.63, 3.8) is 0 Å². The van der Waals surface area contributed by atoms with E-state index in [1.165, 1.54) is 4.68 Å². The van der Waals surface area contributed by atoms with Gasteiger partial charge < -0.3 is 15.5 Å². The summed E-state index contributed by atoms with van der Waals surface area (Å²) < 4.78 is 1.45. The first-order chi connectivity index (χ1) is 9.74. The van der Waals surface area contributed by atoms with Crippen molar-refractivity contribution in [2.75, 3.05) is 13.2 Å². The number of β-amino-alcohol motifs (C(OH)–C–C–N with tert-alkyl or cyclic N) is 1. The van der Waals surface area contributed by atoms with Gasteiger partial charge in [-0.2, -0.15) is 5.10 Å². The van der Waals surface area contributed by atoms with Crippen LogP contribution in [0.15, 0.2) is 0 Å². The Bertz CT molecular complexity index is 497. The summed E-state index contributed by atoms with van der Waals surface area (Å²) >= 11 is 0. The van der Waals surface area contributed by atoms with Gasteiger partial charge in [0.25, 0.3) is 0 Å². The minimum atomic E-state index is -0.750. The van der Waals surface area contributed by atoms with Crippen LogP contribution in [-0.2, 0) is 6.54 Å². The summed E-state index contributed by atoms with van der Waals surface area (Å²) in [5.41, 5.74) is 0.314. The fraction of sp³-hybridized carbons (Fsp3) is 0.769. The van der Waals surface area contributed by atoms with E-state index in [9.17, 15) is 20.3 Å². The van der Waals surface area contributed by atoms with Crippen LogP contribution in [0.3, 0.4) is 0 Å². The van der Waals surface area contributed by atoms with E-state index in [-0.39, 0.29) is 25.4 Å². The van der Waals surface area contributed by atoms with Gasteiger partial charge in [0.1, 0.15) is 11.4 Å². The zero-order valence-electron chi connectivity index (χ0n) is 13.0. The van der Waals surface area contributed by atoms with E-state index in [1.807, 2.05) is 13.8 Å². The first kappa shape index (κ1) is 17.5. The number of nitrogens with zero attached hydrogens (tertiary/aromatic N) is 3. The number of nitrogens with one attached hydrogen (secondary N) is 1. The highest BCUT2D eigenvalue weighted by atomic mass is 16.6. The number of hydrogen-bond acceptors (Lipinski definition) is 6. The van der Waals surface area contributed by atoms with Crippen LogP contribution < -0.4 is 5.32 Å². The molecule has 0 aliphatic carbocycles. The third-order valence-electron chi connectivity index (χ3n) is 3.80. The largest absolute Gasteiger partial charge is 0.394 e. The predicted octanol–water partition coefficient (Wildman–Crippen LogP) is 0.520. The Labute approximate surface area is 123 Å². The lowest BCUT2D eigenvalue weighted by Gasteiger charge is -2.28. The van der Waals surface area contributed by atoms with E-state index in [4.69, 9.17) is 0 Å². The lowest BCUT2D eigenvalue weighted by Crippen LogP contribution is -2.48. The molecule has 1 aromatic rings. The number of aryl methyl sites for hydroxylation is 1. The Balaban J connectivity index is 2.70. The highest BCUT2D eigenvalue weighted by molar-refractivity contribution is 5.39. The van der Waals surface area contributed by atoms with Gasteiger partial charge in [0.2, 0.25) is 0 Å². The van der Waals surface area contributed by atoms with Gasteiger partial charge in [-0.1, -0.05) is 6.92 Å². The molecule has 0 saturated heterocycles. The van der Waals surface area contributed by atoms with Gasteiger partial charge in [-0.3, -0.25) is 14.8 Å². The summed E-state index contributed by atoms with van der Waals surface area (Å²) in [6, 6.07) is 0. The Morgan fingerprint density at radius 3 is 2.57 bits per heavy atom. The number of aliphatic hydroxyl groups is 2. The SMILES string of the molecule is CCC(C)(CO)NCC(O)Cn1nc(C)c([N+](=O)[O-])c1C. The molecular weight excluding hydrogens is 276 g/mol. The van der Waals surface area contributed by atoms with Gasteiger partial charge >= 0.3 is 5.69 Å². The van der Waals surface area contributed by atoms with Crippen molar-refractivity contribution >= 4 is 5.69 Å². The lowest BCUT2D eigenvalue weighted by molar-refractivity contribution is -0.386. The monoisotopic (exact) mass is 300 g/mol. The van der Waals surface area contributed by atoms with Crippen LogP contribution in [0.2, 0.25) is 0 Å². The Kier molecular flexibility index (Phi) is 5.82. The molecule has 0 aliphatic rings. The topological polar surface area (TPSA) is 113 Å². The third kappa shape index (κ3) is 4.23. The smallest absolute Gasteiger partial charge is 0.312 e. The van der Waals surface area contributed by atoms with Crippen LogP contribution in [-0.4, -0.2) is 49.7 Å². The Morgan fingerprint density at radius 1 is 1.52 bits per heavy atom. The van der Waals surface area contributed by atoms with E-state index < -0.39 is 16.6 Å². The van der Waals surface area contributed by atoms with E-state index in [2.05, 4.69) is 10.4 Å². The van der Waals surface area contributed by atoms with Crippen molar-refractivity contribution in [1.82, 2.24) is 15.1 Å². The van der Waals surface area contributed by atoms with Crippen LogP contribution in [0, 0.1) is 24.0 Å². The first-order valence-electron chi connectivity index (χ1n) is 6.96. The summed E-state index contributed by atoms with van der Waals surface area (Å²) in [5.74, 6) is 0. The molecule has 0 aliphatic heterocycles. The molecule has 8 nitrogen and oxygen atoms in total. The highest BCUT2D eigenvalue weighted by Crippen LogP contribution is 2.21. The van der Waals surface area contributed by atoms with Gasteiger partial charge in [0, 0.05) is 12.1 Å². The molecule has 1 aromatic heterocycles. The van der Waals surface area contributed by atoms with Crippen molar-refractivity contribution in [3.05, 3.63) is 21.5 Å². The average Bonchev–Trinajstić information content (AvgIpc) is 2.70. The molecule has 21 heavy (non-hydrogen) atoms. The van der Waals surface area contributed by atoms with E-state index in [0.717, 1.165) is 6.42 Å². The van der Waals surface area contributed by atoms with Crippen molar-refractivity contribution in [2.24, 2.45) is 0 Å². The van der Waals surface area contributed by atoms with Crippen LogP contribution in [0.1, 0.15) is 31.7 Å². The predicted molar refractivity (Wildman–Crippen MR) is 78.1 cm³/mol. The second-order valence-corrected chi connectivity index (χ2v) is 5.57. The molecule has 0 fully saturated rings. The quantitative estimate of drug-likeness (QED) is 0.476. The molecule has 1 heterocycles. The normalized spacial score (nSPS) is 15.7. The fourth-order valence-electron chi connectivity index (χ4n) is 2.05. The van der Waals surface area contributed by atoms with Gasteiger partial charge in [-0.25, -0.2) is 0 Å². The summed E-state index contributed by atoms with van der Waals surface area (Å²) in [6.45, 7) is 7.42. The number of aromatic nitrogens is 2. The van der Waals surface area contributed by atoms with Crippen molar-refractivity contribution < 1.29 is 15.1 Å². The second kappa shape index (κ2) is 6.97.